The molecular weight excluding hydrogens is 517 g/mol. The van der Waals surface area contributed by atoms with Crippen molar-refractivity contribution in [3.8, 4) is 5.69 Å². The molecule has 1 fully saturated rings. The zero-order valence-corrected chi connectivity index (χ0v) is 21.3. The molecule has 0 unspecified atom stereocenters. The Bertz CT molecular complexity index is 1140. The summed E-state index contributed by atoms with van der Waals surface area (Å²) in [7, 11) is 0. The molecule has 35 heavy (non-hydrogen) atoms. The minimum Gasteiger partial charge on any atom is -0.365 e. The molecule has 1 aromatic carbocycles. The van der Waals surface area contributed by atoms with Crippen LogP contribution in [0.2, 0.25) is 5.02 Å². The molecular formula is C21H28Cl3N9O2. The normalized spacial score (nSPS) is 12.4. The first-order valence-corrected chi connectivity index (χ1v) is 11.3. The molecule has 3 N–H and O–H groups in total. The molecule has 0 radical (unpaired) electrons. The number of nitrogens with zero attached hydrogens (tertiary/aromatic N) is 6. The lowest BCUT2D eigenvalue weighted by Crippen LogP contribution is -2.33. The molecule has 1 aliphatic carbocycles. The number of benzene rings is 1. The standard InChI is InChI=1S/C21H26ClN9O2.2ClH/c22-17-4-5-18(31-14-27-28-29-31)16(10-17)12-26-19(32)13-30-9-8-25-20(21(30)33)24-7-1-6-23-11-15-2-3-15;;/h4-5,8-10,14-15,23H,1-3,6-7,11-13H2,(H,24,25)(H,26,32);2*1H. The van der Waals surface area contributed by atoms with E-state index in [2.05, 4.69) is 36.5 Å². The average molecular weight is 545 g/mol. The van der Waals surface area contributed by atoms with Crippen molar-refractivity contribution in [2.75, 3.05) is 25.0 Å². The summed E-state index contributed by atoms with van der Waals surface area (Å²) in [6, 6.07) is 5.23. The summed E-state index contributed by atoms with van der Waals surface area (Å²) in [6.45, 7) is 2.67. The average Bonchev–Trinajstić information content (AvgIpc) is 3.47. The highest BCUT2D eigenvalue weighted by Crippen LogP contribution is 2.27. The van der Waals surface area contributed by atoms with E-state index in [1.807, 2.05) is 0 Å². The van der Waals surface area contributed by atoms with Crippen LogP contribution in [0, 0.1) is 5.92 Å². The third kappa shape index (κ3) is 8.46. The molecule has 2 aromatic heterocycles. The molecule has 0 aliphatic heterocycles. The van der Waals surface area contributed by atoms with Gasteiger partial charge in [-0.25, -0.2) is 9.67 Å². The molecule has 0 saturated heterocycles. The Morgan fingerprint density at radius 1 is 1.20 bits per heavy atom. The Labute approximate surface area is 219 Å². The molecule has 1 aliphatic rings. The van der Waals surface area contributed by atoms with Gasteiger partial charge in [0, 0.05) is 30.5 Å². The van der Waals surface area contributed by atoms with E-state index in [0.29, 0.717) is 17.3 Å². The molecule has 0 atom stereocenters. The lowest BCUT2D eigenvalue weighted by atomic mass is 10.1. The van der Waals surface area contributed by atoms with Gasteiger partial charge in [-0.3, -0.25) is 9.59 Å². The van der Waals surface area contributed by atoms with Crippen molar-refractivity contribution in [1.82, 2.24) is 40.4 Å². The van der Waals surface area contributed by atoms with Crippen LogP contribution in [-0.4, -0.2) is 55.3 Å². The SMILES string of the molecule is Cl.Cl.O=C(Cn1ccnc(NCCCNCC2CC2)c1=O)NCc1cc(Cl)ccc1-n1cnnn1. The first kappa shape index (κ1) is 28.5. The van der Waals surface area contributed by atoms with Gasteiger partial charge in [0.25, 0.3) is 5.56 Å². The highest BCUT2D eigenvalue weighted by atomic mass is 35.5. The van der Waals surface area contributed by atoms with E-state index in [1.54, 1.807) is 18.2 Å². The summed E-state index contributed by atoms with van der Waals surface area (Å²) in [4.78, 5) is 29.3. The van der Waals surface area contributed by atoms with Gasteiger partial charge in [-0.2, -0.15) is 0 Å². The molecule has 4 rings (SSSR count). The highest BCUT2D eigenvalue weighted by molar-refractivity contribution is 6.30. The highest BCUT2D eigenvalue weighted by Gasteiger charge is 2.19. The second-order valence-electron chi connectivity index (χ2n) is 7.94. The van der Waals surface area contributed by atoms with Crippen LogP contribution in [-0.2, 0) is 17.9 Å². The Morgan fingerprint density at radius 2 is 2.03 bits per heavy atom. The van der Waals surface area contributed by atoms with E-state index in [-0.39, 0.29) is 55.2 Å². The second-order valence-corrected chi connectivity index (χ2v) is 8.38. The first-order chi connectivity index (χ1) is 16.1. The summed E-state index contributed by atoms with van der Waals surface area (Å²) in [6.07, 6.45) is 8.00. The van der Waals surface area contributed by atoms with E-state index in [4.69, 9.17) is 11.6 Å². The minimum atomic E-state index is -0.337. The van der Waals surface area contributed by atoms with Gasteiger partial charge in [0.05, 0.1) is 5.69 Å². The van der Waals surface area contributed by atoms with E-state index in [9.17, 15) is 9.59 Å². The van der Waals surface area contributed by atoms with Gasteiger partial charge in [-0.05, 0) is 72.5 Å². The summed E-state index contributed by atoms with van der Waals surface area (Å²) >= 11 is 6.11. The molecule has 11 nitrogen and oxygen atoms in total. The third-order valence-corrected chi connectivity index (χ3v) is 5.53. The van der Waals surface area contributed by atoms with Crippen LogP contribution in [0.5, 0.6) is 0 Å². The van der Waals surface area contributed by atoms with Gasteiger partial charge in [-0.1, -0.05) is 11.6 Å². The van der Waals surface area contributed by atoms with Gasteiger partial charge < -0.3 is 20.5 Å². The largest absolute Gasteiger partial charge is 0.365 e. The molecule has 2 heterocycles. The molecule has 190 valence electrons. The Balaban J connectivity index is 0.00000216. The first-order valence-electron chi connectivity index (χ1n) is 10.9. The van der Waals surface area contributed by atoms with Crippen molar-refractivity contribution in [2.24, 2.45) is 5.92 Å². The van der Waals surface area contributed by atoms with Crippen molar-refractivity contribution in [2.45, 2.75) is 32.4 Å². The number of amides is 1. The predicted octanol–water partition coefficient (Wildman–Crippen LogP) is 1.83. The summed E-state index contributed by atoms with van der Waals surface area (Å²) in [5.74, 6) is 0.765. The van der Waals surface area contributed by atoms with Crippen molar-refractivity contribution in [3.63, 3.8) is 0 Å². The zero-order chi connectivity index (χ0) is 23.0. The van der Waals surface area contributed by atoms with Gasteiger partial charge in [0.15, 0.2) is 5.82 Å². The number of halogens is 3. The van der Waals surface area contributed by atoms with Crippen LogP contribution in [0.3, 0.4) is 0 Å². The Hall–Kier alpha value is -2.73. The van der Waals surface area contributed by atoms with Crippen LogP contribution in [0.4, 0.5) is 5.82 Å². The Kier molecular flexibility index (Phi) is 11.4. The number of hydrogen-bond donors (Lipinski definition) is 3. The van der Waals surface area contributed by atoms with Gasteiger partial charge >= 0.3 is 0 Å². The molecule has 14 heteroatoms. The molecule has 3 aromatic rings. The van der Waals surface area contributed by atoms with Crippen LogP contribution in [0.1, 0.15) is 24.8 Å². The number of carbonyl (C=O) groups is 1. The lowest BCUT2D eigenvalue weighted by Gasteiger charge is -2.12. The minimum absolute atomic E-state index is 0. The maximum absolute atomic E-state index is 12.6. The third-order valence-electron chi connectivity index (χ3n) is 5.29. The lowest BCUT2D eigenvalue weighted by molar-refractivity contribution is -0.121. The second kappa shape index (κ2) is 14.0. The van der Waals surface area contributed by atoms with Crippen molar-refractivity contribution < 1.29 is 4.79 Å². The Morgan fingerprint density at radius 3 is 2.77 bits per heavy atom. The fourth-order valence-corrected chi connectivity index (χ4v) is 3.53. The number of anilines is 1. The van der Waals surface area contributed by atoms with Crippen molar-refractivity contribution >= 4 is 48.1 Å². The van der Waals surface area contributed by atoms with Crippen LogP contribution in [0.15, 0.2) is 41.7 Å². The van der Waals surface area contributed by atoms with Gasteiger partial charge in [0.2, 0.25) is 5.91 Å². The van der Waals surface area contributed by atoms with Gasteiger partial charge in [0.1, 0.15) is 12.9 Å². The molecule has 0 bridgehead atoms. The van der Waals surface area contributed by atoms with Crippen molar-refractivity contribution in [3.05, 3.63) is 57.9 Å². The summed E-state index contributed by atoms with van der Waals surface area (Å²) < 4.78 is 2.82. The quantitative estimate of drug-likeness (QED) is 0.294. The fraction of sp³-hybridized carbons (Fsp3) is 0.429. The maximum Gasteiger partial charge on any atom is 0.293 e. The van der Waals surface area contributed by atoms with E-state index in [1.165, 1.54) is 40.8 Å². The maximum atomic E-state index is 12.6. The van der Waals surface area contributed by atoms with Gasteiger partial charge in [-0.15, -0.1) is 29.9 Å². The van der Waals surface area contributed by atoms with E-state index >= 15 is 0 Å². The van der Waals surface area contributed by atoms with Crippen LogP contribution < -0.4 is 21.5 Å². The fourth-order valence-electron chi connectivity index (χ4n) is 3.34. The predicted molar refractivity (Wildman–Crippen MR) is 138 cm³/mol. The summed E-state index contributed by atoms with van der Waals surface area (Å²) in [5, 5.41) is 21.0. The number of nitrogens with one attached hydrogen (secondary N) is 3. The van der Waals surface area contributed by atoms with E-state index < -0.39 is 0 Å². The number of aromatic nitrogens is 6. The van der Waals surface area contributed by atoms with Crippen molar-refractivity contribution in [1.29, 1.82) is 0 Å². The monoisotopic (exact) mass is 543 g/mol. The number of carbonyl (C=O) groups excluding carboxylic acids is 1. The number of tetrazole rings is 1. The zero-order valence-electron chi connectivity index (χ0n) is 18.9. The number of rotatable bonds is 12. The summed E-state index contributed by atoms with van der Waals surface area (Å²) in [5.41, 5.74) is 1.10. The topological polar surface area (TPSA) is 132 Å². The molecule has 1 saturated carbocycles. The molecule has 0 spiro atoms. The van der Waals surface area contributed by atoms with Crippen LogP contribution in [0.25, 0.3) is 5.69 Å². The number of hydrogen-bond acceptors (Lipinski definition) is 8. The van der Waals surface area contributed by atoms with Crippen LogP contribution >= 0.6 is 36.4 Å². The molecule has 1 amide bonds. The smallest absolute Gasteiger partial charge is 0.293 e. The van der Waals surface area contributed by atoms with E-state index in [0.717, 1.165) is 31.0 Å².